The molecular formula is C12H15N3O3. The van der Waals surface area contributed by atoms with Crippen LogP contribution in [0.25, 0.3) is 0 Å². The molecule has 0 bridgehead atoms. The number of pyridine rings is 1. The number of fused-ring (bicyclic) bond motifs is 1. The average molecular weight is 249 g/mol. The highest BCUT2D eigenvalue weighted by Gasteiger charge is 2.32. The Balaban J connectivity index is 2.27. The van der Waals surface area contributed by atoms with Gasteiger partial charge in [0.15, 0.2) is 0 Å². The van der Waals surface area contributed by atoms with E-state index in [4.69, 9.17) is 10.5 Å². The molecule has 0 aromatic carbocycles. The normalized spacial score (nSPS) is 18.4. The average Bonchev–Trinajstić information content (AvgIpc) is 2.35. The molecule has 0 saturated heterocycles. The monoisotopic (exact) mass is 249 g/mol. The summed E-state index contributed by atoms with van der Waals surface area (Å²) in [6, 6.07) is 2.83. The summed E-state index contributed by atoms with van der Waals surface area (Å²) < 4.78 is 4.85. The number of esters is 1. The van der Waals surface area contributed by atoms with Gasteiger partial charge in [0.1, 0.15) is 6.54 Å². The maximum atomic E-state index is 12.0. The molecule has 6 nitrogen and oxygen atoms in total. The van der Waals surface area contributed by atoms with Crippen LogP contribution in [-0.2, 0) is 20.7 Å². The van der Waals surface area contributed by atoms with Crippen molar-refractivity contribution in [2.75, 3.05) is 18.1 Å². The van der Waals surface area contributed by atoms with E-state index in [1.807, 2.05) is 0 Å². The molecule has 1 aliphatic rings. The number of nitrogens with two attached hydrogens (primary N) is 1. The molecule has 2 heterocycles. The van der Waals surface area contributed by atoms with E-state index < -0.39 is 12.0 Å². The van der Waals surface area contributed by atoms with E-state index in [0.29, 0.717) is 12.1 Å². The second-order valence-electron chi connectivity index (χ2n) is 4.01. The van der Waals surface area contributed by atoms with Crippen LogP contribution in [0.3, 0.4) is 0 Å². The lowest BCUT2D eigenvalue weighted by Crippen LogP contribution is -2.51. The van der Waals surface area contributed by atoms with Crippen LogP contribution in [0.2, 0.25) is 0 Å². The van der Waals surface area contributed by atoms with Crippen molar-refractivity contribution in [2.45, 2.75) is 19.4 Å². The SMILES string of the molecule is CCOC(=O)CN1C(=O)C(N)Cc2ncccc21. The van der Waals surface area contributed by atoms with Crippen LogP contribution >= 0.6 is 0 Å². The number of carbonyl (C=O) groups is 2. The molecule has 0 radical (unpaired) electrons. The number of amides is 1. The first kappa shape index (κ1) is 12.5. The van der Waals surface area contributed by atoms with Crippen molar-refractivity contribution in [1.82, 2.24) is 4.98 Å². The first-order valence-electron chi connectivity index (χ1n) is 5.80. The zero-order chi connectivity index (χ0) is 13.1. The number of nitrogens with zero attached hydrogens (tertiary/aromatic N) is 2. The minimum absolute atomic E-state index is 0.126. The lowest BCUT2D eigenvalue weighted by Gasteiger charge is -2.30. The minimum atomic E-state index is -0.651. The Morgan fingerprint density at radius 1 is 1.67 bits per heavy atom. The van der Waals surface area contributed by atoms with Gasteiger partial charge in [-0.2, -0.15) is 0 Å². The van der Waals surface area contributed by atoms with Crippen LogP contribution in [0.15, 0.2) is 18.3 Å². The lowest BCUT2D eigenvalue weighted by atomic mass is 10.0. The summed E-state index contributed by atoms with van der Waals surface area (Å²) in [6.07, 6.45) is 2.04. The van der Waals surface area contributed by atoms with E-state index >= 15 is 0 Å². The molecule has 1 amide bonds. The van der Waals surface area contributed by atoms with E-state index in [-0.39, 0.29) is 19.1 Å². The number of carbonyl (C=O) groups excluding carboxylic acids is 2. The molecule has 2 N–H and O–H groups in total. The third kappa shape index (κ3) is 2.33. The Morgan fingerprint density at radius 3 is 3.17 bits per heavy atom. The van der Waals surface area contributed by atoms with E-state index in [1.54, 1.807) is 25.3 Å². The number of hydrogen-bond acceptors (Lipinski definition) is 5. The molecule has 1 atom stereocenters. The first-order valence-corrected chi connectivity index (χ1v) is 5.80. The Kier molecular flexibility index (Phi) is 3.57. The van der Waals surface area contributed by atoms with Crippen LogP contribution in [0.5, 0.6) is 0 Å². The fraction of sp³-hybridized carbons (Fsp3) is 0.417. The Labute approximate surface area is 105 Å². The third-order valence-corrected chi connectivity index (χ3v) is 2.75. The molecule has 0 spiro atoms. The molecule has 1 aromatic heterocycles. The van der Waals surface area contributed by atoms with Gasteiger partial charge in [-0.15, -0.1) is 0 Å². The van der Waals surface area contributed by atoms with Gasteiger partial charge in [0.25, 0.3) is 0 Å². The smallest absolute Gasteiger partial charge is 0.326 e. The quantitative estimate of drug-likeness (QED) is 0.754. The summed E-state index contributed by atoms with van der Waals surface area (Å²) in [6.45, 7) is 1.88. The fourth-order valence-electron chi connectivity index (χ4n) is 1.95. The van der Waals surface area contributed by atoms with Gasteiger partial charge < -0.3 is 10.5 Å². The van der Waals surface area contributed by atoms with E-state index in [2.05, 4.69) is 4.98 Å². The fourth-order valence-corrected chi connectivity index (χ4v) is 1.95. The van der Waals surface area contributed by atoms with Crippen molar-refractivity contribution in [2.24, 2.45) is 5.73 Å². The molecule has 6 heteroatoms. The van der Waals surface area contributed by atoms with Crippen molar-refractivity contribution in [3.63, 3.8) is 0 Å². The number of aromatic nitrogens is 1. The third-order valence-electron chi connectivity index (χ3n) is 2.75. The molecule has 2 rings (SSSR count). The van der Waals surface area contributed by atoms with Gasteiger partial charge in [-0.1, -0.05) is 0 Å². The molecular weight excluding hydrogens is 234 g/mol. The predicted octanol–water partition coefficient (Wildman–Crippen LogP) is -0.139. The Morgan fingerprint density at radius 2 is 2.44 bits per heavy atom. The number of anilines is 1. The number of rotatable bonds is 3. The number of hydrogen-bond donors (Lipinski definition) is 1. The zero-order valence-electron chi connectivity index (χ0n) is 10.1. The molecule has 96 valence electrons. The van der Waals surface area contributed by atoms with Gasteiger partial charge in [0.2, 0.25) is 5.91 Å². The van der Waals surface area contributed by atoms with E-state index in [1.165, 1.54) is 4.90 Å². The molecule has 1 aromatic rings. The highest BCUT2D eigenvalue weighted by molar-refractivity contribution is 6.02. The van der Waals surface area contributed by atoms with Gasteiger partial charge in [-0.05, 0) is 19.1 Å². The van der Waals surface area contributed by atoms with Crippen LogP contribution < -0.4 is 10.6 Å². The summed E-state index contributed by atoms with van der Waals surface area (Å²) in [5.41, 5.74) is 7.12. The standard InChI is InChI=1S/C12H15N3O3/c1-2-18-11(16)7-15-10-4-3-5-14-9(10)6-8(13)12(15)17/h3-5,8H,2,6-7,13H2,1H3. The lowest BCUT2D eigenvalue weighted by molar-refractivity contribution is -0.142. The zero-order valence-corrected chi connectivity index (χ0v) is 10.1. The van der Waals surface area contributed by atoms with Gasteiger partial charge in [0.05, 0.1) is 24.0 Å². The van der Waals surface area contributed by atoms with Gasteiger partial charge in [-0.25, -0.2) is 0 Å². The van der Waals surface area contributed by atoms with Crippen molar-refractivity contribution >= 4 is 17.6 Å². The van der Waals surface area contributed by atoms with E-state index in [9.17, 15) is 9.59 Å². The molecule has 1 aliphatic heterocycles. The maximum Gasteiger partial charge on any atom is 0.326 e. The highest BCUT2D eigenvalue weighted by Crippen LogP contribution is 2.25. The maximum absolute atomic E-state index is 12.0. The van der Waals surface area contributed by atoms with Crippen LogP contribution in [0, 0.1) is 0 Å². The second-order valence-corrected chi connectivity index (χ2v) is 4.01. The van der Waals surface area contributed by atoms with Gasteiger partial charge in [-0.3, -0.25) is 19.5 Å². The summed E-state index contributed by atoms with van der Waals surface area (Å²) in [4.78, 5) is 29.0. The Bertz CT molecular complexity index is 475. The van der Waals surface area contributed by atoms with Crippen LogP contribution in [-0.4, -0.2) is 36.1 Å². The van der Waals surface area contributed by atoms with Crippen LogP contribution in [0.1, 0.15) is 12.6 Å². The van der Waals surface area contributed by atoms with Crippen molar-refractivity contribution < 1.29 is 14.3 Å². The molecule has 0 saturated carbocycles. The minimum Gasteiger partial charge on any atom is -0.465 e. The van der Waals surface area contributed by atoms with Crippen molar-refractivity contribution in [3.8, 4) is 0 Å². The Hall–Kier alpha value is -1.95. The first-order chi connectivity index (χ1) is 8.63. The predicted molar refractivity (Wildman–Crippen MR) is 64.9 cm³/mol. The van der Waals surface area contributed by atoms with Gasteiger partial charge >= 0.3 is 5.97 Å². The largest absolute Gasteiger partial charge is 0.465 e. The molecule has 18 heavy (non-hydrogen) atoms. The topological polar surface area (TPSA) is 85.5 Å². The molecule has 0 fully saturated rings. The summed E-state index contributed by atoms with van der Waals surface area (Å²) >= 11 is 0. The van der Waals surface area contributed by atoms with E-state index in [0.717, 1.165) is 5.69 Å². The highest BCUT2D eigenvalue weighted by atomic mass is 16.5. The van der Waals surface area contributed by atoms with Crippen molar-refractivity contribution in [1.29, 1.82) is 0 Å². The molecule has 1 unspecified atom stereocenters. The summed E-state index contributed by atoms with van der Waals surface area (Å²) in [5, 5.41) is 0. The summed E-state index contributed by atoms with van der Waals surface area (Å²) in [7, 11) is 0. The molecule has 0 aliphatic carbocycles. The second kappa shape index (κ2) is 5.14. The van der Waals surface area contributed by atoms with Gasteiger partial charge in [0, 0.05) is 12.6 Å². The number of ether oxygens (including phenoxy) is 1. The summed E-state index contributed by atoms with van der Waals surface area (Å²) in [5.74, 6) is -0.724. The van der Waals surface area contributed by atoms with Crippen LogP contribution in [0.4, 0.5) is 5.69 Å². The van der Waals surface area contributed by atoms with Crippen molar-refractivity contribution in [3.05, 3.63) is 24.0 Å².